The van der Waals surface area contributed by atoms with Crippen molar-refractivity contribution in [3.63, 3.8) is 0 Å². The van der Waals surface area contributed by atoms with Crippen LogP contribution in [0.5, 0.6) is 0 Å². The van der Waals surface area contributed by atoms with Gasteiger partial charge < -0.3 is 0 Å². The van der Waals surface area contributed by atoms with Gasteiger partial charge >= 0.3 is 29.6 Å². The zero-order valence-electron chi connectivity index (χ0n) is 3.22. The van der Waals surface area contributed by atoms with Crippen molar-refractivity contribution < 1.29 is 8.42 Å². The van der Waals surface area contributed by atoms with Crippen LogP contribution in [0.2, 0.25) is 0 Å². The van der Waals surface area contributed by atoms with Crippen molar-refractivity contribution in [2.75, 3.05) is 12.5 Å². The average Bonchev–Trinajstić information content (AvgIpc) is 0.722. The summed E-state index contributed by atoms with van der Waals surface area (Å²) in [6, 6.07) is 0. The van der Waals surface area contributed by atoms with E-state index in [4.69, 9.17) is 0 Å². The molecule has 0 aliphatic carbocycles. The predicted octanol–water partition coefficient (Wildman–Crippen LogP) is -0.988. The Morgan fingerprint density at radius 1 is 1.17 bits per heavy atom. The maximum atomic E-state index is 9.63. The number of rotatable bonds is 0. The van der Waals surface area contributed by atoms with Crippen molar-refractivity contribution >= 4 is 39.4 Å². The van der Waals surface area contributed by atoms with Gasteiger partial charge in [-0.25, -0.2) is 8.42 Å². The molecule has 0 saturated heterocycles. The van der Waals surface area contributed by atoms with Crippen molar-refractivity contribution in [1.29, 1.82) is 0 Å². The summed E-state index contributed by atoms with van der Waals surface area (Å²) in [5.74, 6) is 0. The summed E-state index contributed by atoms with van der Waals surface area (Å²) in [5.41, 5.74) is 0. The van der Waals surface area contributed by atoms with E-state index in [1.165, 1.54) is 0 Å². The molecule has 0 unspecified atom stereocenters. The summed E-state index contributed by atoms with van der Waals surface area (Å²) in [7, 11) is -2.67. The quantitative estimate of drug-likeness (QED) is 0.383. The first-order chi connectivity index (χ1) is 2.00. The molecule has 0 radical (unpaired) electrons. The van der Waals surface area contributed by atoms with Gasteiger partial charge in [-0.05, 0) is 0 Å². The maximum absolute atomic E-state index is 9.63. The van der Waals surface area contributed by atoms with Crippen LogP contribution < -0.4 is 0 Å². The van der Waals surface area contributed by atoms with Crippen LogP contribution in [0.15, 0.2) is 0 Å². The SMILES string of the molecule is CS(C)(=O)=O.[NaH]. The number of hydrogen-bond donors (Lipinski definition) is 0. The van der Waals surface area contributed by atoms with Crippen LogP contribution in [-0.2, 0) is 9.84 Å². The van der Waals surface area contributed by atoms with Crippen LogP contribution in [0.3, 0.4) is 0 Å². The van der Waals surface area contributed by atoms with Crippen molar-refractivity contribution in [2.24, 2.45) is 0 Å². The molecule has 34 valence electrons. The van der Waals surface area contributed by atoms with Crippen molar-refractivity contribution in [2.45, 2.75) is 0 Å². The van der Waals surface area contributed by atoms with Gasteiger partial charge in [0.25, 0.3) is 0 Å². The number of hydrogen-bond acceptors (Lipinski definition) is 2. The van der Waals surface area contributed by atoms with Crippen LogP contribution >= 0.6 is 0 Å². The van der Waals surface area contributed by atoms with E-state index < -0.39 is 9.84 Å². The molecule has 0 bridgehead atoms. The summed E-state index contributed by atoms with van der Waals surface area (Å²) in [6.45, 7) is 0. The fourth-order valence-electron chi connectivity index (χ4n) is 0. The second-order valence-corrected chi connectivity index (χ2v) is 3.43. The van der Waals surface area contributed by atoms with Gasteiger partial charge in [0.2, 0.25) is 0 Å². The Morgan fingerprint density at radius 3 is 1.17 bits per heavy atom. The summed E-state index contributed by atoms with van der Waals surface area (Å²) in [4.78, 5) is 0. The van der Waals surface area contributed by atoms with E-state index in [1.54, 1.807) is 0 Å². The zero-order valence-corrected chi connectivity index (χ0v) is 4.04. The Hall–Kier alpha value is 0.950. The van der Waals surface area contributed by atoms with Gasteiger partial charge in [-0.15, -0.1) is 0 Å². The van der Waals surface area contributed by atoms with Gasteiger partial charge in [-0.1, -0.05) is 0 Å². The normalized spacial score (nSPS) is 9.67. The molecule has 2 nitrogen and oxygen atoms in total. The second-order valence-electron chi connectivity index (χ2n) is 1.14. The van der Waals surface area contributed by atoms with E-state index in [9.17, 15) is 8.42 Å². The molecule has 0 aromatic carbocycles. The van der Waals surface area contributed by atoms with Gasteiger partial charge in [-0.3, -0.25) is 0 Å². The molecule has 0 aliphatic rings. The van der Waals surface area contributed by atoms with Gasteiger partial charge in [0, 0.05) is 12.5 Å². The van der Waals surface area contributed by atoms with Gasteiger partial charge in [0.15, 0.2) is 0 Å². The Kier molecular flexibility index (Phi) is 5.05. The van der Waals surface area contributed by atoms with E-state index in [-0.39, 0.29) is 29.6 Å². The molecule has 4 heteroatoms. The molecule has 6 heavy (non-hydrogen) atoms. The third-order valence-corrected chi connectivity index (χ3v) is 0. The van der Waals surface area contributed by atoms with Crippen LogP contribution in [0, 0.1) is 0 Å². The van der Waals surface area contributed by atoms with Gasteiger partial charge in [0.05, 0.1) is 0 Å². The van der Waals surface area contributed by atoms with E-state index in [2.05, 4.69) is 0 Å². The second kappa shape index (κ2) is 3.02. The first-order valence-electron chi connectivity index (χ1n) is 1.15. The van der Waals surface area contributed by atoms with Crippen LogP contribution in [0.1, 0.15) is 0 Å². The molecule has 0 N–H and O–H groups in total. The third-order valence-electron chi connectivity index (χ3n) is 0. The Labute approximate surface area is 60.1 Å². The summed E-state index contributed by atoms with van der Waals surface area (Å²) < 4.78 is 19.3. The van der Waals surface area contributed by atoms with Crippen LogP contribution in [-0.4, -0.2) is 50.5 Å². The fourth-order valence-corrected chi connectivity index (χ4v) is 0. The Bertz CT molecular complexity index is 94.7. The Balaban J connectivity index is 0. The first-order valence-corrected chi connectivity index (χ1v) is 3.45. The standard InChI is InChI=1S/C2H6O2S.Na.H/c1-5(2,3)4;;/h1-2H3;;. The van der Waals surface area contributed by atoms with E-state index in [1.807, 2.05) is 0 Å². The molecule has 0 saturated carbocycles. The minimum absolute atomic E-state index is 0. The summed E-state index contributed by atoms with van der Waals surface area (Å²) in [5, 5.41) is 0. The van der Waals surface area contributed by atoms with Crippen LogP contribution in [0.25, 0.3) is 0 Å². The first kappa shape index (κ1) is 10.0. The number of sulfone groups is 1. The predicted molar refractivity (Wildman–Crippen MR) is 27.9 cm³/mol. The van der Waals surface area contributed by atoms with Crippen LogP contribution in [0.4, 0.5) is 0 Å². The fraction of sp³-hybridized carbons (Fsp3) is 1.00. The zero-order chi connectivity index (χ0) is 4.50. The molecule has 0 fully saturated rings. The average molecular weight is 118 g/mol. The topological polar surface area (TPSA) is 34.1 Å². The molecule has 0 atom stereocenters. The van der Waals surface area contributed by atoms with Crippen molar-refractivity contribution in [1.82, 2.24) is 0 Å². The van der Waals surface area contributed by atoms with E-state index >= 15 is 0 Å². The molecule has 0 heterocycles. The molecule has 0 rings (SSSR count). The molecule has 0 amide bonds. The van der Waals surface area contributed by atoms with E-state index in [0.717, 1.165) is 12.5 Å². The molecular formula is C2H7NaO2S. The molecular weight excluding hydrogens is 111 g/mol. The molecule has 0 aromatic rings. The molecule has 0 aromatic heterocycles. The van der Waals surface area contributed by atoms with Gasteiger partial charge in [0.1, 0.15) is 9.84 Å². The minimum atomic E-state index is -2.67. The Morgan fingerprint density at radius 2 is 1.17 bits per heavy atom. The van der Waals surface area contributed by atoms with Crippen molar-refractivity contribution in [3.8, 4) is 0 Å². The monoisotopic (exact) mass is 118 g/mol. The summed E-state index contributed by atoms with van der Waals surface area (Å²) in [6.07, 6.45) is 2.32. The summed E-state index contributed by atoms with van der Waals surface area (Å²) >= 11 is 0. The van der Waals surface area contributed by atoms with E-state index in [0.29, 0.717) is 0 Å². The molecule has 0 aliphatic heterocycles. The molecule has 0 spiro atoms. The van der Waals surface area contributed by atoms with Gasteiger partial charge in [-0.2, -0.15) is 0 Å². The van der Waals surface area contributed by atoms with Crippen molar-refractivity contribution in [3.05, 3.63) is 0 Å². The third kappa shape index (κ3) is 85.6.